The largest absolute Gasteiger partial charge is 0.396 e. The van der Waals surface area contributed by atoms with E-state index in [0.717, 1.165) is 44.2 Å². The topological polar surface area (TPSA) is 90.4 Å². The number of ether oxygens (including phenoxy) is 1. The zero-order chi connectivity index (χ0) is 27.6. The zero-order valence-electron chi connectivity index (χ0n) is 23.1. The Morgan fingerprint density at radius 3 is 2.36 bits per heavy atom. The Morgan fingerprint density at radius 2 is 1.62 bits per heavy atom. The van der Waals surface area contributed by atoms with Crippen molar-refractivity contribution in [1.82, 2.24) is 9.80 Å². The molecule has 4 aliphatic heterocycles. The lowest BCUT2D eigenvalue weighted by Crippen LogP contribution is -2.56. The van der Waals surface area contributed by atoms with E-state index in [1.807, 2.05) is 66.5 Å². The summed E-state index contributed by atoms with van der Waals surface area (Å²) in [4.78, 5) is 48.1. The summed E-state index contributed by atoms with van der Waals surface area (Å²) in [7, 11) is 0. The van der Waals surface area contributed by atoms with Crippen molar-refractivity contribution in [3.63, 3.8) is 0 Å². The Bertz CT molecular complexity index is 1140. The van der Waals surface area contributed by atoms with E-state index in [2.05, 4.69) is 6.92 Å². The first-order valence-corrected chi connectivity index (χ1v) is 14.5. The standard InChI is InChI=1S/C31H41N3O5/c1-3-4-18-32-19-13-17-31-25(28(37)34(26(31)29(32)38)20-10-5-6-11-22-35)24-27(36)33(23-14-8-7-9-15-23)21-12-16-30(24,2)39-31/h7-9,12-17,24-26,35H,3-6,10-11,18-22H2,1-2H3/t24-,25+,26?,30+,31+/m1/s1. The second-order valence-corrected chi connectivity index (χ2v) is 11.4. The summed E-state index contributed by atoms with van der Waals surface area (Å²) in [5.74, 6) is -1.98. The number of para-hydroxylation sites is 1. The summed E-state index contributed by atoms with van der Waals surface area (Å²) in [6, 6.07) is 8.71. The Morgan fingerprint density at radius 1 is 0.872 bits per heavy atom. The third kappa shape index (κ3) is 4.72. The highest BCUT2D eigenvalue weighted by atomic mass is 16.5. The molecule has 1 unspecified atom stereocenters. The van der Waals surface area contributed by atoms with Crippen LogP contribution in [-0.2, 0) is 19.1 Å². The van der Waals surface area contributed by atoms with E-state index in [4.69, 9.17) is 9.84 Å². The van der Waals surface area contributed by atoms with E-state index < -0.39 is 29.1 Å². The molecule has 210 valence electrons. The van der Waals surface area contributed by atoms with E-state index in [0.29, 0.717) is 26.2 Å². The van der Waals surface area contributed by atoms with Crippen LogP contribution < -0.4 is 4.90 Å². The molecule has 0 saturated carbocycles. The first-order valence-electron chi connectivity index (χ1n) is 14.5. The fraction of sp³-hybridized carbons (Fsp3) is 0.581. The Labute approximate surface area is 231 Å². The van der Waals surface area contributed by atoms with Crippen LogP contribution in [0.4, 0.5) is 5.69 Å². The fourth-order valence-electron chi connectivity index (χ4n) is 6.95. The van der Waals surface area contributed by atoms with Gasteiger partial charge in [-0.05, 0) is 38.3 Å². The summed E-state index contributed by atoms with van der Waals surface area (Å²) >= 11 is 0. The van der Waals surface area contributed by atoms with Gasteiger partial charge in [0.1, 0.15) is 11.6 Å². The maximum absolute atomic E-state index is 14.4. The molecular formula is C31H41N3O5. The number of benzene rings is 1. The van der Waals surface area contributed by atoms with Gasteiger partial charge in [-0.3, -0.25) is 14.4 Å². The van der Waals surface area contributed by atoms with Crippen LogP contribution in [0.15, 0.2) is 54.6 Å². The number of unbranched alkanes of at least 4 members (excludes halogenated alkanes) is 4. The van der Waals surface area contributed by atoms with Gasteiger partial charge in [0.15, 0.2) is 0 Å². The molecule has 5 atom stereocenters. The van der Waals surface area contributed by atoms with Gasteiger partial charge in [0, 0.05) is 38.5 Å². The van der Waals surface area contributed by atoms with Gasteiger partial charge in [-0.15, -0.1) is 0 Å². The predicted molar refractivity (Wildman–Crippen MR) is 149 cm³/mol. The van der Waals surface area contributed by atoms with Crippen LogP contribution in [0.5, 0.6) is 0 Å². The summed E-state index contributed by atoms with van der Waals surface area (Å²) in [6.07, 6.45) is 12.7. The number of hydrogen-bond donors (Lipinski definition) is 1. The first kappa shape index (κ1) is 27.6. The average molecular weight is 536 g/mol. The van der Waals surface area contributed by atoms with Gasteiger partial charge in [-0.25, -0.2) is 0 Å². The van der Waals surface area contributed by atoms with Crippen molar-refractivity contribution in [3.8, 4) is 0 Å². The maximum Gasteiger partial charge on any atom is 0.249 e. The number of rotatable bonds is 10. The van der Waals surface area contributed by atoms with E-state index in [-0.39, 0.29) is 24.3 Å². The van der Waals surface area contributed by atoms with E-state index in [1.54, 1.807) is 9.80 Å². The molecule has 1 aromatic rings. The lowest BCUT2D eigenvalue weighted by Gasteiger charge is -2.37. The van der Waals surface area contributed by atoms with Crippen LogP contribution in [0.2, 0.25) is 0 Å². The molecule has 3 amide bonds. The van der Waals surface area contributed by atoms with Gasteiger partial charge >= 0.3 is 0 Å². The highest BCUT2D eigenvalue weighted by Crippen LogP contribution is 2.57. The summed E-state index contributed by atoms with van der Waals surface area (Å²) < 4.78 is 6.89. The van der Waals surface area contributed by atoms with Crippen molar-refractivity contribution in [2.24, 2.45) is 11.8 Å². The molecule has 1 N–H and O–H groups in total. The molecule has 8 heteroatoms. The number of fused-ring (bicyclic) bond motifs is 2. The van der Waals surface area contributed by atoms with Gasteiger partial charge in [-0.2, -0.15) is 0 Å². The number of amides is 3. The van der Waals surface area contributed by atoms with Gasteiger partial charge in [0.05, 0.1) is 17.4 Å². The smallest absolute Gasteiger partial charge is 0.249 e. The average Bonchev–Trinajstić information content (AvgIpc) is 3.19. The summed E-state index contributed by atoms with van der Waals surface area (Å²) in [5, 5.41) is 9.15. The Kier molecular flexibility index (Phi) is 7.96. The molecule has 0 aromatic heterocycles. The Balaban J connectivity index is 1.54. The first-order chi connectivity index (χ1) is 18.9. The second-order valence-electron chi connectivity index (χ2n) is 11.4. The number of anilines is 1. The van der Waals surface area contributed by atoms with Crippen LogP contribution in [0.25, 0.3) is 0 Å². The van der Waals surface area contributed by atoms with Crippen molar-refractivity contribution in [2.45, 2.75) is 69.6 Å². The second kappa shape index (κ2) is 11.3. The van der Waals surface area contributed by atoms with Gasteiger partial charge in [-0.1, -0.05) is 68.7 Å². The summed E-state index contributed by atoms with van der Waals surface area (Å²) in [6.45, 7) is 6.03. The third-order valence-corrected chi connectivity index (χ3v) is 8.80. The zero-order valence-corrected chi connectivity index (χ0v) is 23.1. The van der Waals surface area contributed by atoms with E-state index >= 15 is 0 Å². The summed E-state index contributed by atoms with van der Waals surface area (Å²) in [5.41, 5.74) is -1.45. The molecule has 8 nitrogen and oxygen atoms in total. The fourth-order valence-corrected chi connectivity index (χ4v) is 6.95. The highest BCUT2D eigenvalue weighted by Gasteiger charge is 2.74. The van der Waals surface area contributed by atoms with E-state index in [1.165, 1.54) is 0 Å². The minimum Gasteiger partial charge on any atom is -0.396 e. The van der Waals surface area contributed by atoms with Gasteiger partial charge in [0.2, 0.25) is 17.7 Å². The molecule has 4 aliphatic rings. The Hall–Kier alpha value is -2.97. The van der Waals surface area contributed by atoms with Gasteiger partial charge < -0.3 is 24.5 Å². The molecule has 5 rings (SSSR count). The lowest BCUT2D eigenvalue weighted by molar-refractivity contribution is -0.150. The van der Waals surface area contributed by atoms with Gasteiger partial charge in [0.25, 0.3) is 0 Å². The van der Waals surface area contributed by atoms with Crippen molar-refractivity contribution >= 4 is 23.4 Å². The third-order valence-electron chi connectivity index (χ3n) is 8.80. The molecular weight excluding hydrogens is 494 g/mol. The monoisotopic (exact) mass is 535 g/mol. The highest BCUT2D eigenvalue weighted by molar-refractivity contribution is 6.04. The number of carbonyl (C=O) groups excluding carboxylic acids is 3. The molecule has 39 heavy (non-hydrogen) atoms. The minimum absolute atomic E-state index is 0.101. The maximum atomic E-state index is 14.4. The number of carbonyl (C=O) groups is 3. The molecule has 2 saturated heterocycles. The van der Waals surface area contributed by atoms with Crippen LogP contribution >= 0.6 is 0 Å². The SMILES string of the molecule is CCCCN1CC=C[C@]23O[C@@]4(C)C=CCN(c5ccccc5)C(=O)[C@H]4[C@H]2C(=O)N(CCCCCCO)C3C1=O. The van der Waals surface area contributed by atoms with Crippen molar-refractivity contribution < 1.29 is 24.2 Å². The minimum atomic E-state index is -1.21. The number of hydrogen-bond acceptors (Lipinski definition) is 5. The van der Waals surface area contributed by atoms with Crippen LogP contribution in [0.3, 0.4) is 0 Å². The lowest BCUT2D eigenvalue weighted by atomic mass is 9.74. The normalized spacial score (nSPS) is 31.8. The van der Waals surface area contributed by atoms with Crippen molar-refractivity contribution in [3.05, 3.63) is 54.6 Å². The van der Waals surface area contributed by atoms with Crippen molar-refractivity contribution in [1.29, 1.82) is 0 Å². The molecule has 1 spiro atoms. The molecule has 0 bridgehead atoms. The van der Waals surface area contributed by atoms with Crippen LogP contribution in [0.1, 0.15) is 52.4 Å². The number of nitrogens with zero attached hydrogens (tertiary/aromatic N) is 3. The van der Waals surface area contributed by atoms with Crippen LogP contribution in [0, 0.1) is 11.8 Å². The molecule has 0 radical (unpaired) electrons. The predicted octanol–water partition coefficient (Wildman–Crippen LogP) is 3.31. The molecule has 4 heterocycles. The van der Waals surface area contributed by atoms with Crippen LogP contribution in [-0.4, -0.2) is 82.7 Å². The number of aliphatic hydroxyl groups is 1. The molecule has 0 aliphatic carbocycles. The molecule has 1 aromatic carbocycles. The quantitative estimate of drug-likeness (QED) is 0.367. The number of aliphatic hydroxyl groups excluding tert-OH is 1. The van der Waals surface area contributed by atoms with Crippen molar-refractivity contribution in [2.75, 3.05) is 37.7 Å². The van der Waals surface area contributed by atoms with E-state index in [9.17, 15) is 14.4 Å². The molecule has 2 fully saturated rings. The number of likely N-dealkylation sites (tertiary alicyclic amines) is 1.